The van der Waals surface area contributed by atoms with Crippen LogP contribution >= 0.6 is 27.5 Å². The third-order valence-electron chi connectivity index (χ3n) is 3.15. The summed E-state index contributed by atoms with van der Waals surface area (Å²) < 4.78 is 27.7. The minimum atomic E-state index is -3.58. The van der Waals surface area contributed by atoms with Gasteiger partial charge in [0.15, 0.2) is 0 Å². The minimum absolute atomic E-state index is 0.112. The molecule has 0 amide bonds. The molecule has 0 aliphatic carbocycles. The molecule has 1 unspecified atom stereocenters. The van der Waals surface area contributed by atoms with E-state index in [0.717, 1.165) is 25.9 Å². The predicted octanol–water partition coefficient (Wildman–Crippen LogP) is 2.38. The maximum absolute atomic E-state index is 12.3. The fourth-order valence-corrected chi connectivity index (χ4v) is 4.99. The Bertz CT molecular complexity index is 524. The Kier molecular flexibility index (Phi) is 5.25. The van der Waals surface area contributed by atoms with Gasteiger partial charge in [-0.2, -0.15) is 0 Å². The maximum Gasteiger partial charge on any atom is 0.243 e. The highest BCUT2D eigenvalue weighted by molar-refractivity contribution is 9.10. The first-order chi connectivity index (χ1) is 9.00. The van der Waals surface area contributed by atoms with Crippen LogP contribution in [0.1, 0.15) is 12.8 Å². The van der Waals surface area contributed by atoms with Gasteiger partial charge in [0, 0.05) is 11.0 Å². The first kappa shape index (κ1) is 15.3. The lowest BCUT2D eigenvalue weighted by Crippen LogP contribution is -2.38. The van der Waals surface area contributed by atoms with Gasteiger partial charge in [0.2, 0.25) is 10.0 Å². The number of hydrogen-bond donors (Lipinski definition) is 2. The van der Waals surface area contributed by atoms with E-state index in [-0.39, 0.29) is 9.92 Å². The standard InChI is InChI=1S/C12H16BrClN2O2S/c13-10-4-1-5-11(14)12(10)19(17,18)16-8-9-3-2-6-15-7-9/h1,4-5,9,15-16H,2-3,6-8H2. The highest BCUT2D eigenvalue weighted by Gasteiger charge is 2.23. The van der Waals surface area contributed by atoms with Crippen molar-refractivity contribution in [3.05, 3.63) is 27.7 Å². The van der Waals surface area contributed by atoms with E-state index in [0.29, 0.717) is 16.9 Å². The van der Waals surface area contributed by atoms with Crippen LogP contribution in [-0.4, -0.2) is 28.1 Å². The topological polar surface area (TPSA) is 58.2 Å². The molecule has 1 aliphatic heterocycles. The number of halogens is 2. The third-order valence-corrected chi connectivity index (χ3v) is 6.02. The van der Waals surface area contributed by atoms with Gasteiger partial charge < -0.3 is 5.32 Å². The van der Waals surface area contributed by atoms with Crippen molar-refractivity contribution in [2.24, 2.45) is 5.92 Å². The fraction of sp³-hybridized carbons (Fsp3) is 0.500. The van der Waals surface area contributed by atoms with Crippen molar-refractivity contribution >= 4 is 37.6 Å². The van der Waals surface area contributed by atoms with E-state index >= 15 is 0 Å². The van der Waals surface area contributed by atoms with Crippen LogP contribution in [-0.2, 0) is 10.0 Å². The Labute approximate surface area is 127 Å². The second-order valence-corrected chi connectivity index (χ2v) is 7.58. The zero-order valence-corrected chi connectivity index (χ0v) is 13.5. The molecular formula is C12H16BrClN2O2S. The Hall–Kier alpha value is -0.140. The van der Waals surface area contributed by atoms with Crippen molar-refractivity contribution in [3.63, 3.8) is 0 Å². The quantitative estimate of drug-likeness (QED) is 0.859. The Morgan fingerprint density at radius 3 is 2.89 bits per heavy atom. The lowest BCUT2D eigenvalue weighted by molar-refractivity contribution is 0.376. The van der Waals surface area contributed by atoms with Crippen molar-refractivity contribution in [1.29, 1.82) is 0 Å². The number of sulfonamides is 1. The van der Waals surface area contributed by atoms with E-state index in [9.17, 15) is 8.42 Å². The lowest BCUT2D eigenvalue weighted by Gasteiger charge is -2.23. The number of nitrogens with one attached hydrogen (secondary N) is 2. The van der Waals surface area contributed by atoms with Crippen LogP contribution in [0.25, 0.3) is 0 Å². The molecule has 1 aromatic rings. The van der Waals surface area contributed by atoms with E-state index < -0.39 is 10.0 Å². The van der Waals surface area contributed by atoms with Crippen LogP contribution in [0.2, 0.25) is 5.02 Å². The average molecular weight is 368 g/mol. The second-order valence-electron chi connectivity index (χ2n) is 4.62. The summed E-state index contributed by atoms with van der Waals surface area (Å²) in [5, 5.41) is 3.49. The van der Waals surface area contributed by atoms with E-state index in [2.05, 4.69) is 26.0 Å². The molecule has 7 heteroatoms. The molecule has 1 heterocycles. The number of piperidine rings is 1. The maximum atomic E-state index is 12.3. The Balaban J connectivity index is 2.09. The molecule has 1 atom stereocenters. The summed E-state index contributed by atoms with van der Waals surface area (Å²) in [4.78, 5) is 0.112. The average Bonchev–Trinajstić information content (AvgIpc) is 2.37. The zero-order chi connectivity index (χ0) is 13.9. The van der Waals surface area contributed by atoms with Gasteiger partial charge in [-0.3, -0.25) is 0 Å². The van der Waals surface area contributed by atoms with Gasteiger partial charge >= 0.3 is 0 Å². The third kappa shape index (κ3) is 3.92. The smallest absolute Gasteiger partial charge is 0.243 e. The summed E-state index contributed by atoms with van der Waals surface area (Å²) in [6, 6.07) is 4.95. The van der Waals surface area contributed by atoms with Crippen LogP contribution < -0.4 is 10.0 Å². The summed E-state index contributed by atoms with van der Waals surface area (Å²) in [5.41, 5.74) is 0. The van der Waals surface area contributed by atoms with Gasteiger partial charge in [-0.1, -0.05) is 17.7 Å². The molecule has 0 saturated carbocycles. The summed E-state index contributed by atoms with van der Waals surface area (Å²) in [6.07, 6.45) is 2.13. The molecule has 4 nitrogen and oxygen atoms in total. The minimum Gasteiger partial charge on any atom is -0.316 e. The molecule has 2 N–H and O–H groups in total. The Morgan fingerprint density at radius 1 is 1.47 bits per heavy atom. The highest BCUT2D eigenvalue weighted by Crippen LogP contribution is 2.29. The summed E-state index contributed by atoms with van der Waals surface area (Å²) >= 11 is 9.21. The van der Waals surface area contributed by atoms with Crippen molar-refractivity contribution in [2.45, 2.75) is 17.7 Å². The highest BCUT2D eigenvalue weighted by atomic mass is 79.9. The number of rotatable bonds is 4. The molecular weight excluding hydrogens is 352 g/mol. The van der Waals surface area contributed by atoms with E-state index in [1.807, 2.05) is 0 Å². The van der Waals surface area contributed by atoms with Crippen LogP contribution in [0.5, 0.6) is 0 Å². The van der Waals surface area contributed by atoms with Gasteiger partial charge in [0.25, 0.3) is 0 Å². The molecule has 1 saturated heterocycles. The summed E-state index contributed by atoms with van der Waals surface area (Å²) in [6.45, 7) is 2.30. The monoisotopic (exact) mass is 366 g/mol. The molecule has 0 radical (unpaired) electrons. The molecule has 1 aliphatic rings. The van der Waals surface area contributed by atoms with Crippen molar-refractivity contribution in [2.75, 3.05) is 19.6 Å². The van der Waals surface area contributed by atoms with Gasteiger partial charge in [-0.15, -0.1) is 0 Å². The molecule has 0 bridgehead atoms. The van der Waals surface area contributed by atoms with Crippen molar-refractivity contribution in [1.82, 2.24) is 10.0 Å². The first-order valence-corrected chi connectivity index (χ1v) is 8.80. The van der Waals surface area contributed by atoms with Crippen LogP contribution in [0.4, 0.5) is 0 Å². The summed E-state index contributed by atoms with van der Waals surface area (Å²) in [7, 11) is -3.58. The molecule has 0 aromatic heterocycles. The lowest BCUT2D eigenvalue weighted by atomic mass is 10.0. The SMILES string of the molecule is O=S(=O)(NCC1CCCNC1)c1c(Cl)cccc1Br. The van der Waals surface area contributed by atoms with Crippen LogP contribution in [0, 0.1) is 5.92 Å². The molecule has 1 fully saturated rings. The fourth-order valence-electron chi connectivity index (χ4n) is 2.14. The summed E-state index contributed by atoms with van der Waals surface area (Å²) in [5.74, 6) is 0.338. The molecule has 106 valence electrons. The molecule has 1 aromatic carbocycles. The Morgan fingerprint density at radius 2 is 2.26 bits per heavy atom. The van der Waals surface area contributed by atoms with Crippen LogP contribution in [0.3, 0.4) is 0 Å². The van der Waals surface area contributed by atoms with E-state index in [4.69, 9.17) is 11.6 Å². The van der Waals surface area contributed by atoms with Gasteiger partial charge in [0.1, 0.15) is 4.90 Å². The largest absolute Gasteiger partial charge is 0.316 e. The van der Waals surface area contributed by atoms with E-state index in [1.54, 1.807) is 18.2 Å². The van der Waals surface area contributed by atoms with Crippen molar-refractivity contribution < 1.29 is 8.42 Å². The zero-order valence-electron chi connectivity index (χ0n) is 10.3. The normalized spacial score (nSPS) is 20.4. The van der Waals surface area contributed by atoms with Crippen LogP contribution in [0.15, 0.2) is 27.6 Å². The van der Waals surface area contributed by atoms with E-state index in [1.165, 1.54) is 0 Å². The second kappa shape index (κ2) is 6.54. The molecule has 2 rings (SSSR count). The molecule has 19 heavy (non-hydrogen) atoms. The molecule has 0 spiro atoms. The van der Waals surface area contributed by atoms with Gasteiger partial charge in [-0.05, 0) is 59.9 Å². The first-order valence-electron chi connectivity index (χ1n) is 6.15. The number of hydrogen-bond acceptors (Lipinski definition) is 3. The predicted molar refractivity (Wildman–Crippen MR) is 79.9 cm³/mol. The van der Waals surface area contributed by atoms with Gasteiger partial charge in [-0.25, -0.2) is 13.1 Å². The van der Waals surface area contributed by atoms with Gasteiger partial charge in [0.05, 0.1) is 5.02 Å². The number of benzene rings is 1. The van der Waals surface area contributed by atoms with Crippen molar-refractivity contribution in [3.8, 4) is 0 Å².